The molecule has 1 amide bonds. The van der Waals surface area contributed by atoms with Crippen LogP contribution in [0, 0.1) is 0 Å². The summed E-state index contributed by atoms with van der Waals surface area (Å²) in [6, 6.07) is 12.5. The van der Waals surface area contributed by atoms with Gasteiger partial charge in [-0.25, -0.2) is 4.31 Å². The summed E-state index contributed by atoms with van der Waals surface area (Å²) in [5.41, 5.74) is 0.458. The minimum Gasteiger partial charge on any atom is -0.347 e. The molecule has 0 bridgehead atoms. The molecule has 0 saturated carbocycles. The van der Waals surface area contributed by atoms with Crippen molar-refractivity contribution in [2.45, 2.75) is 25.8 Å². The Hall–Kier alpha value is -1.90. The van der Waals surface area contributed by atoms with Gasteiger partial charge in [-0.05, 0) is 30.0 Å². The third kappa shape index (κ3) is 5.06. The van der Waals surface area contributed by atoms with Gasteiger partial charge in [-0.2, -0.15) is 12.7 Å². The first-order valence-corrected chi connectivity index (χ1v) is 10.7. The van der Waals surface area contributed by atoms with Gasteiger partial charge in [-0.1, -0.05) is 37.6 Å². The number of rotatable bonds is 9. The number of benzene rings is 1. The number of para-hydroxylation sites is 1. The Morgan fingerprint density at radius 1 is 1.15 bits per heavy atom. The van der Waals surface area contributed by atoms with E-state index in [-0.39, 0.29) is 18.5 Å². The highest BCUT2D eigenvalue weighted by atomic mass is 32.2. The predicted molar refractivity (Wildman–Crippen MR) is 107 cm³/mol. The third-order valence-corrected chi connectivity index (χ3v) is 6.68. The zero-order valence-corrected chi connectivity index (χ0v) is 16.9. The lowest BCUT2D eigenvalue weighted by atomic mass is 10.1. The Balaban J connectivity index is 2.21. The maximum Gasteiger partial charge on any atom is 0.304 e. The van der Waals surface area contributed by atoms with Crippen LogP contribution in [0.5, 0.6) is 0 Å². The Morgan fingerprint density at radius 3 is 2.38 bits per heavy atom. The zero-order chi connectivity index (χ0) is 19.2. The van der Waals surface area contributed by atoms with Gasteiger partial charge in [0.15, 0.2) is 0 Å². The minimum absolute atomic E-state index is 0.104. The van der Waals surface area contributed by atoms with Crippen LogP contribution in [0.25, 0.3) is 0 Å². The Labute approximate surface area is 159 Å². The van der Waals surface area contributed by atoms with Gasteiger partial charge in [0.25, 0.3) is 0 Å². The van der Waals surface area contributed by atoms with Gasteiger partial charge in [0, 0.05) is 19.0 Å². The smallest absolute Gasteiger partial charge is 0.304 e. The van der Waals surface area contributed by atoms with Crippen LogP contribution >= 0.6 is 11.3 Å². The van der Waals surface area contributed by atoms with Crippen LogP contribution in [-0.4, -0.2) is 39.3 Å². The molecule has 1 heterocycles. The van der Waals surface area contributed by atoms with Gasteiger partial charge in [0.05, 0.1) is 11.7 Å². The Kier molecular flexibility index (Phi) is 7.19. The number of nitrogens with one attached hydrogen (secondary N) is 1. The van der Waals surface area contributed by atoms with Crippen LogP contribution in [0.1, 0.15) is 30.7 Å². The van der Waals surface area contributed by atoms with Crippen LogP contribution in [0.15, 0.2) is 47.8 Å². The van der Waals surface area contributed by atoms with E-state index in [1.54, 1.807) is 41.7 Å². The highest BCUT2D eigenvalue weighted by Crippen LogP contribution is 2.24. The molecule has 0 fully saturated rings. The zero-order valence-electron chi connectivity index (χ0n) is 15.3. The second kappa shape index (κ2) is 9.16. The van der Waals surface area contributed by atoms with Crippen molar-refractivity contribution in [3.05, 3.63) is 52.7 Å². The lowest BCUT2D eigenvalue weighted by molar-refractivity contribution is -0.120. The van der Waals surface area contributed by atoms with Gasteiger partial charge >= 0.3 is 10.2 Å². The van der Waals surface area contributed by atoms with E-state index < -0.39 is 10.2 Å². The fourth-order valence-corrected chi connectivity index (χ4v) is 4.41. The third-order valence-electron chi connectivity index (χ3n) is 3.87. The minimum atomic E-state index is -3.78. The van der Waals surface area contributed by atoms with Crippen molar-refractivity contribution >= 4 is 33.1 Å². The maximum atomic E-state index is 12.7. The van der Waals surface area contributed by atoms with Crippen LogP contribution in [0.3, 0.4) is 0 Å². The molecule has 0 saturated heterocycles. The van der Waals surface area contributed by atoms with Crippen molar-refractivity contribution in [2.75, 3.05) is 24.9 Å². The SMILES string of the molecule is CCC[C@@H](NC(=O)CN(c1ccccc1)S(=O)(=O)N(C)C)c1cccs1. The summed E-state index contributed by atoms with van der Waals surface area (Å²) in [5.74, 6) is -0.328. The summed E-state index contributed by atoms with van der Waals surface area (Å²) < 4.78 is 27.6. The predicted octanol–water partition coefficient (Wildman–Crippen LogP) is 3.02. The van der Waals surface area contributed by atoms with Crippen molar-refractivity contribution in [3.8, 4) is 0 Å². The lowest BCUT2D eigenvalue weighted by Gasteiger charge is -2.27. The van der Waals surface area contributed by atoms with E-state index in [9.17, 15) is 13.2 Å². The van der Waals surface area contributed by atoms with Crippen LogP contribution in [0.2, 0.25) is 0 Å². The highest BCUT2D eigenvalue weighted by molar-refractivity contribution is 7.90. The fraction of sp³-hybridized carbons (Fsp3) is 0.389. The average molecular weight is 396 g/mol. The number of amides is 1. The topological polar surface area (TPSA) is 69.7 Å². The summed E-state index contributed by atoms with van der Waals surface area (Å²) in [4.78, 5) is 13.7. The molecule has 1 aromatic heterocycles. The molecule has 1 aromatic carbocycles. The summed E-state index contributed by atoms with van der Waals surface area (Å²) >= 11 is 1.58. The van der Waals surface area contributed by atoms with Gasteiger partial charge in [0.1, 0.15) is 6.54 Å². The van der Waals surface area contributed by atoms with E-state index in [4.69, 9.17) is 0 Å². The van der Waals surface area contributed by atoms with Crippen LogP contribution < -0.4 is 9.62 Å². The van der Waals surface area contributed by atoms with E-state index in [0.717, 1.165) is 26.3 Å². The average Bonchev–Trinajstić information content (AvgIpc) is 3.14. The molecule has 6 nitrogen and oxygen atoms in total. The number of thiophene rings is 1. The summed E-state index contributed by atoms with van der Waals surface area (Å²) in [6.45, 7) is 1.79. The van der Waals surface area contributed by atoms with Crippen molar-refractivity contribution in [1.82, 2.24) is 9.62 Å². The Morgan fingerprint density at radius 2 is 1.85 bits per heavy atom. The molecule has 2 rings (SSSR count). The quantitative estimate of drug-likeness (QED) is 0.709. The van der Waals surface area contributed by atoms with Crippen molar-refractivity contribution in [2.24, 2.45) is 0 Å². The van der Waals surface area contributed by atoms with Gasteiger partial charge in [-0.15, -0.1) is 11.3 Å². The molecule has 0 radical (unpaired) electrons. The molecule has 1 atom stereocenters. The standard InChI is InChI=1S/C18H25N3O3S2/c1-4-9-16(17-12-8-13-25-17)19-18(22)14-21(26(23,24)20(2)3)15-10-6-5-7-11-15/h5-8,10-13,16H,4,9,14H2,1-3H3,(H,19,22)/t16-/m1/s1. The van der Waals surface area contributed by atoms with Gasteiger partial charge in [0.2, 0.25) is 5.91 Å². The number of carbonyl (C=O) groups excluding carboxylic acids is 1. The summed E-state index contributed by atoms with van der Waals surface area (Å²) in [7, 11) is -0.874. The van der Waals surface area contributed by atoms with E-state index >= 15 is 0 Å². The first-order valence-electron chi connectivity index (χ1n) is 8.44. The molecule has 2 aromatic rings. The van der Waals surface area contributed by atoms with Gasteiger partial charge in [-0.3, -0.25) is 4.79 Å². The van der Waals surface area contributed by atoms with Crippen molar-refractivity contribution < 1.29 is 13.2 Å². The molecule has 1 N–H and O–H groups in total. The summed E-state index contributed by atoms with van der Waals surface area (Å²) in [6.07, 6.45) is 1.72. The highest BCUT2D eigenvalue weighted by Gasteiger charge is 2.28. The molecule has 0 spiro atoms. The molecular weight excluding hydrogens is 370 g/mol. The monoisotopic (exact) mass is 395 g/mol. The lowest BCUT2D eigenvalue weighted by Crippen LogP contribution is -2.46. The van der Waals surface area contributed by atoms with Crippen molar-refractivity contribution in [1.29, 1.82) is 0 Å². The molecule has 142 valence electrons. The number of hydrogen-bond acceptors (Lipinski definition) is 4. The largest absolute Gasteiger partial charge is 0.347 e. The number of nitrogens with zero attached hydrogens (tertiary/aromatic N) is 2. The first kappa shape index (κ1) is 20.4. The molecule has 0 unspecified atom stereocenters. The van der Waals surface area contributed by atoms with Crippen LogP contribution in [-0.2, 0) is 15.0 Å². The summed E-state index contributed by atoms with van der Waals surface area (Å²) in [5, 5.41) is 4.95. The maximum absolute atomic E-state index is 12.7. The van der Waals surface area contributed by atoms with E-state index in [1.807, 2.05) is 17.5 Å². The Bertz CT molecular complexity index is 790. The molecule has 0 aliphatic rings. The fourth-order valence-electron chi connectivity index (χ4n) is 2.53. The number of carbonyl (C=O) groups is 1. The molecular formula is C18H25N3O3S2. The van der Waals surface area contributed by atoms with E-state index in [0.29, 0.717) is 5.69 Å². The van der Waals surface area contributed by atoms with Gasteiger partial charge < -0.3 is 5.32 Å². The molecule has 8 heteroatoms. The first-order chi connectivity index (χ1) is 12.4. The van der Waals surface area contributed by atoms with Crippen LogP contribution in [0.4, 0.5) is 5.69 Å². The van der Waals surface area contributed by atoms with E-state index in [1.165, 1.54) is 14.1 Å². The molecule has 0 aliphatic carbocycles. The normalized spacial score (nSPS) is 12.8. The molecule has 26 heavy (non-hydrogen) atoms. The molecule has 0 aliphatic heterocycles. The number of hydrogen-bond donors (Lipinski definition) is 1. The number of anilines is 1. The van der Waals surface area contributed by atoms with E-state index in [2.05, 4.69) is 12.2 Å². The second-order valence-corrected chi connectivity index (χ2v) is 9.10. The van der Waals surface area contributed by atoms with Crippen molar-refractivity contribution in [3.63, 3.8) is 0 Å². The second-order valence-electron chi connectivity index (χ2n) is 6.06.